The Morgan fingerprint density at radius 3 is 0.550 bits per heavy atom. The van der Waals surface area contributed by atoms with E-state index in [0.717, 1.165) is 34.5 Å². The van der Waals surface area contributed by atoms with Crippen LogP contribution in [0, 0.1) is 0 Å². The minimum Gasteiger partial charge on any atom is -0.175 e. The van der Waals surface area contributed by atoms with Crippen LogP contribution in [0.2, 0.25) is 0 Å². The molecule has 0 nitrogen and oxygen atoms in total. The fourth-order valence-corrected chi connectivity index (χ4v) is 10.3. The van der Waals surface area contributed by atoms with Crippen LogP contribution in [0.15, 0.2) is 182 Å². The molecule has 0 aliphatic rings. The van der Waals surface area contributed by atoms with E-state index in [2.05, 4.69) is 233 Å². The molecule has 0 N–H and O–H groups in total. The molecule has 8 aromatic rings. The van der Waals surface area contributed by atoms with Crippen molar-refractivity contribution >= 4 is 72.1 Å². The summed E-state index contributed by atoms with van der Waals surface area (Å²) in [7, 11) is 3.82. The molecule has 0 aromatic heterocycles. The molecule has 0 unspecified atom stereocenters. The first kappa shape index (κ1) is 42.5. The Labute approximate surface area is 385 Å². The Kier molecular flexibility index (Phi) is 14.6. The van der Waals surface area contributed by atoms with Crippen LogP contribution in [0.25, 0.3) is 66.8 Å². The van der Waals surface area contributed by atoms with Gasteiger partial charge in [-0.05, 0) is 137 Å². The molecule has 6 heteroatoms. The average molecular weight is 887 g/mol. The minimum absolute atomic E-state index is 0.734. The Hall–Kier alpha value is -4.14. The lowest BCUT2D eigenvalue weighted by Gasteiger charge is -2.13. The normalized spacial score (nSPS) is 11.2. The van der Waals surface area contributed by atoms with Gasteiger partial charge in [-0.3, -0.25) is 0 Å². The van der Waals surface area contributed by atoms with E-state index >= 15 is 0 Å². The number of rotatable bonds is 15. The first-order valence-corrected chi connectivity index (χ1v) is 25.0. The van der Waals surface area contributed by atoms with E-state index in [-0.39, 0.29) is 0 Å². The van der Waals surface area contributed by atoms with Gasteiger partial charge in [-0.25, -0.2) is 0 Å². The third-order valence-electron chi connectivity index (χ3n) is 10.9. The Bertz CT molecular complexity index is 2310. The van der Waals surface area contributed by atoms with Crippen LogP contribution >= 0.6 is 72.1 Å². The van der Waals surface area contributed by atoms with Crippen molar-refractivity contribution in [2.45, 2.75) is 34.5 Å². The van der Waals surface area contributed by atoms with Crippen molar-refractivity contribution in [1.82, 2.24) is 0 Å². The predicted octanol–water partition coefficient (Wildman–Crippen LogP) is 16.5. The van der Waals surface area contributed by atoms with Crippen molar-refractivity contribution in [3.05, 3.63) is 215 Å². The average Bonchev–Trinajstić information content (AvgIpc) is 3.33. The Morgan fingerprint density at radius 1 is 0.217 bits per heavy atom. The molecular weight excluding hydrogens is 841 g/mol. The largest absolute Gasteiger partial charge is 0.175 e. The standard InChI is InChI=1S/C54H46S6/c55-31-37-1-13-43(14-2-37)49-25-50(44-15-3-38(32-56)4-16-44)28-53(27-49)47-21-9-41(10-22-47)35-59-60-36-42-11-23-48(24-12-42)54-29-51(45-17-5-39(33-57)6-18-45)26-52(30-54)46-19-7-40(34-58)8-20-46/h1-30,55-58H,31-36H2. The summed E-state index contributed by atoms with van der Waals surface area (Å²) >= 11 is 17.8. The highest BCUT2D eigenvalue weighted by molar-refractivity contribution is 8.76. The summed E-state index contributed by atoms with van der Waals surface area (Å²) < 4.78 is 0. The van der Waals surface area contributed by atoms with Crippen molar-refractivity contribution < 1.29 is 0 Å². The number of benzene rings is 8. The minimum atomic E-state index is 0.734. The monoisotopic (exact) mass is 886 g/mol. The maximum atomic E-state index is 4.46. The third kappa shape index (κ3) is 10.7. The van der Waals surface area contributed by atoms with Crippen LogP contribution in [0.5, 0.6) is 0 Å². The van der Waals surface area contributed by atoms with Crippen LogP contribution < -0.4 is 0 Å². The summed E-state index contributed by atoms with van der Waals surface area (Å²) in [4.78, 5) is 0. The summed E-state index contributed by atoms with van der Waals surface area (Å²) in [5.74, 6) is 4.83. The van der Waals surface area contributed by atoms with Crippen LogP contribution in [0.3, 0.4) is 0 Å². The Morgan fingerprint density at radius 2 is 0.383 bits per heavy atom. The van der Waals surface area contributed by atoms with E-state index < -0.39 is 0 Å². The first-order valence-electron chi connectivity index (χ1n) is 20.0. The van der Waals surface area contributed by atoms with Gasteiger partial charge in [-0.2, -0.15) is 50.5 Å². The van der Waals surface area contributed by atoms with E-state index in [1.54, 1.807) is 0 Å². The highest BCUT2D eigenvalue weighted by Gasteiger charge is 2.11. The van der Waals surface area contributed by atoms with Gasteiger partial charge in [-0.15, -0.1) is 0 Å². The van der Waals surface area contributed by atoms with E-state index in [1.165, 1.54) is 100 Å². The Balaban J connectivity index is 0.937. The van der Waals surface area contributed by atoms with Crippen LogP contribution in [-0.2, 0) is 34.5 Å². The van der Waals surface area contributed by atoms with Gasteiger partial charge in [0.05, 0.1) is 0 Å². The van der Waals surface area contributed by atoms with Gasteiger partial charge in [-0.1, -0.05) is 167 Å². The van der Waals surface area contributed by atoms with Gasteiger partial charge in [0.15, 0.2) is 0 Å². The molecule has 0 heterocycles. The predicted molar refractivity (Wildman–Crippen MR) is 279 cm³/mol. The van der Waals surface area contributed by atoms with Crippen LogP contribution in [0.4, 0.5) is 0 Å². The molecule has 60 heavy (non-hydrogen) atoms. The van der Waals surface area contributed by atoms with Crippen molar-refractivity contribution in [3.8, 4) is 66.8 Å². The molecule has 0 aliphatic heterocycles. The molecule has 0 fully saturated rings. The molecule has 0 spiro atoms. The fraction of sp³-hybridized carbons (Fsp3) is 0.111. The highest BCUT2D eigenvalue weighted by Crippen LogP contribution is 2.37. The number of hydrogen-bond acceptors (Lipinski definition) is 6. The summed E-state index contributed by atoms with van der Waals surface area (Å²) in [6.07, 6.45) is 0. The van der Waals surface area contributed by atoms with E-state index in [1.807, 2.05) is 21.6 Å². The fourth-order valence-electron chi connectivity index (χ4n) is 7.27. The maximum absolute atomic E-state index is 4.46. The lowest BCUT2D eigenvalue weighted by Crippen LogP contribution is -1.88. The topological polar surface area (TPSA) is 0 Å². The van der Waals surface area contributed by atoms with Gasteiger partial charge >= 0.3 is 0 Å². The van der Waals surface area contributed by atoms with Gasteiger partial charge in [0.2, 0.25) is 0 Å². The lowest BCUT2D eigenvalue weighted by atomic mass is 9.92. The molecule has 0 amide bonds. The molecule has 0 radical (unpaired) electrons. The quantitative estimate of drug-likeness (QED) is 0.0460. The zero-order chi connectivity index (χ0) is 41.3. The zero-order valence-electron chi connectivity index (χ0n) is 33.2. The summed E-state index contributed by atoms with van der Waals surface area (Å²) in [5, 5.41) is 0. The van der Waals surface area contributed by atoms with Gasteiger partial charge < -0.3 is 0 Å². The van der Waals surface area contributed by atoms with Crippen molar-refractivity contribution in [2.75, 3.05) is 0 Å². The summed E-state index contributed by atoms with van der Waals surface area (Å²) in [5.41, 5.74) is 22.0. The van der Waals surface area contributed by atoms with E-state index in [4.69, 9.17) is 0 Å². The van der Waals surface area contributed by atoms with Gasteiger partial charge in [0.25, 0.3) is 0 Å². The second-order valence-electron chi connectivity index (χ2n) is 14.9. The molecule has 0 atom stereocenters. The maximum Gasteiger partial charge on any atom is 0.0288 e. The lowest BCUT2D eigenvalue weighted by molar-refractivity contribution is 1.41. The smallest absolute Gasteiger partial charge is 0.0288 e. The SMILES string of the molecule is SCc1ccc(-c2cc(-c3ccc(CS)cc3)cc(-c3ccc(CSSCc4ccc(-c5cc(-c6ccc(CS)cc6)cc(-c6ccc(CS)cc6)c5)cc4)cc3)c2)cc1. The number of thiol groups is 4. The van der Waals surface area contributed by atoms with Crippen LogP contribution in [0.1, 0.15) is 33.4 Å². The first-order chi connectivity index (χ1) is 29.5. The summed E-state index contributed by atoms with van der Waals surface area (Å²) in [6.45, 7) is 0. The molecule has 8 rings (SSSR count). The second-order valence-corrected chi connectivity index (χ2v) is 18.7. The van der Waals surface area contributed by atoms with Crippen LogP contribution in [-0.4, -0.2) is 0 Å². The second kappa shape index (κ2) is 20.6. The molecule has 298 valence electrons. The molecule has 0 saturated carbocycles. The van der Waals surface area contributed by atoms with Gasteiger partial charge in [0, 0.05) is 34.5 Å². The van der Waals surface area contributed by atoms with E-state index in [0.29, 0.717) is 0 Å². The summed E-state index contributed by atoms with van der Waals surface area (Å²) in [6, 6.07) is 67.0. The van der Waals surface area contributed by atoms with Crippen molar-refractivity contribution in [1.29, 1.82) is 0 Å². The molecule has 0 bridgehead atoms. The number of hydrogen-bond donors (Lipinski definition) is 4. The van der Waals surface area contributed by atoms with Crippen molar-refractivity contribution in [3.63, 3.8) is 0 Å². The molecule has 0 aliphatic carbocycles. The molecule has 8 aromatic carbocycles. The van der Waals surface area contributed by atoms with Gasteiger partial charge in [0.1, 0.15) is 0 Å². The van der Waals surface area contributed by atoms with E-state index in [9.17, 15) is 0 Å². The highest BCUT2D eigenvalue weighted by atomic mass is 33.1. The zero-order valence-corrected chi connectivity index (χ0v) is 38.4. The molecular formula is C54H46S6. The third-order valence-corrected chi connectivity index (χ3v) is 14.6. The molecule has 0 saturated heterocycles. The van der Waals surface area contributed by atoms with Crippen molar-refractivity contribution in [2.24, 2.45) is 0 Å².